The minimum absolute atomic E-state index is 0.412. The molecule has 0 N–H and O–H groups in total. The third-order valence-corrected chi connectivity index (χ3v) is 3.98. The SMILES string of the molecule is O=C(Oc1ccc(-n2cnnn2)cc1)c1cccc(OCc2ccccc2)c1. The summed E-state index contributed by atoms with van der Waals surface area (Å²) in [5.74, 6) is 0.574. The van der Waals surface area contributed by atoms with Crippen LogP contribution in [0.25, 0.3) is 5.69 Å². The third-order valence-electron chi connectivity index (χ3n) is 3.98. The van der Waals surface area contributed by atoms with Gasteiger partial charge in [0.05, 0.1) is 11.3 Å². The van der Waals surface area contributed by atoms with E-state index in [2.05, 4.69) is 15.5 Å². The topological polar surface area (TPSA) is 79.1 Å². The number of carbonyl (C=O) groups is 1. The van der Waals surface area contributed by atoms with E-state index >= 15 is 0 Å². The van der Waals surface area contributed by atoms with Crippen LogP contribution in [0, 0.1) is 0 Å². The van der Waals surface area contributed by atoms with E-state index in [0.717, 1.165) is 11.3 Å². The second-order valence-electron chi connectivity index (χ2n) is 5.94. The van der Waals surface area contributed by atoms with Crippen molar-refractivity contribution in [2.75, 3.05) is 0 Å². The quantitative estimate of drug-likeness (QED) is 0.381. The molecule has 4 rings (SSSR count). The van der Waals surface area contributed by atoms with E-state index in [1.807, 2.05) is 30.3 Å². The van der Waals surface area contributed by atoms with Gasteiger partial charge in [0.2, 0.25) is 0 Å². The number of hydrogen-bond acceptors (Lipinski definition) is 6. The summed E-state index contributed by atoms with van der Waals surface area (Å²) in [6.45, 7) is 0.429. The first-order valence-corrected chi connectivity index (χ1v) is 8.60. The average Bonchev–Trinajstić information content (AvgIpc) is 3.29. The van der Waals surface area contributed by atoms with Crippen LogP contribution in [-0.4, -0.2) is 26.2 Å². The van der Waals surface area contributed by atoms with Gasteiger partial charge in [-0.2, -0.15) is 0 Å². The molecule has 0 aliphatic heterocycles. The van der Waals surface area contributed by atoms with Crippen LogP contribution in [0.2, 0.25) is 0 Å². The Balaban J connectivity index is 1.40. The highest BCUT2D eigenvalue weighted by atomic mass is 16.5. The van der Waals surface area contributed by atoms with Crippen molar-refractivity contribution in [2.24, 2.45) is 0 Å². The van der Waals surface area contributed by atoms with Crippen molar-refractivity contribution in [1.82, 2.24) is 20.2 Å². The van der Waals surface area contributed by atoms with Crippen LogP contribution in [0.1, 0.15) is 15.9 Å². The van der Waals surface area contributed by atoms with Gasteiger partial charge in [0, 0.05) is 0 Å². The summed E-state index contributed by atoms with van der Waals surface area (Å²) in [7, 11) is 0. The molecular formula is C21H16N4O3. The van der Waals surface area contributed by atoms with Gasteiger partial charge in [-0.3, -0.25) is 0 Å². The Morgan fingerprint density at radius 3 is 2.46 bits per heavy atom. The van der Waals surface area contributed by atoms with Crippen molar-refractivity contribution in [3.05, 3.63) is 96.3 Å². The van der Waals surface area contributed by atoms with Gasteiger partial charge in [-0.1, -0.05) is 36.4 Å². The average molecular weight is 372 g/mol. The lowest BCUT2D eigenvalue weighted by Gasteiger charge is -2.09. The molecule has 0 atom stereocenters. The Hall–Kier alpha value is -4.00. The first-order valence-electron chi connectivity index (χ1n) is 8.60. The molecule has 3 aromatic carbocycles. The molecule has 28 heavy (non-hydrogen) atoms. The lowest BCUT2D eigenvalue weighted by Crippen LogP contribution is -2.09. The molecule has 0 radical (unpaired) electrons. The smallest absolute Gasteiger partial charge is 0.343 e. The summed E-state index contributed by atoms with van der Waals surface area (Å²) in [6.07, 6.45) is 1.49. The minimum atomic E-state index is -0.458. The molecule has 0 amide bonds. The van der Waals surface area contributed by atoms with E-state index in [9.17, 15) is 4.79 Å². The zero-order valence-corrected chi connectivity index (χ0v) is 14.8. The zero-order valence-electron chi connectivity index (χ0n) is 14.8. The normalized spacial score (nSPS) is 10.4. The molecule has 0 aliphatic rings. The van der Waals surface area contributed by atoms with Crippen LogP contribution < -0.4 is 9.47 Å². The van der Waals surface area contributed by atoms with Crippen LogP contribution in [0.4, 0.5) is 0 Å². The molecule has 1 aromatic heterocycles. The van der Waals surface area contributed by atoms with E-state index in [1.165, 1.54) is 11.0 Å². The fourth-order valence-corrected chi connectivity index (χ4v) is 2.57. The maximum absolute atomic E-state index is 12.4. The molecule has 0 saturated carbocycles. The fourth-order valence-electron chi connectivity index (χ4n) is 2.57. The molecule has 4 aromatic rings. The van der Waals surface area contributed by atoms with Gasteiger partial charge in [0.15, 0.2) is 0 Å². The van der Waals surface area contributed by atoms with Gasteiger partial charge in [0.1, 0.15) is 24.4 Å². The number of rotatable bonds is 6. The zero-order chi connectivity index (χ0) is 19.2. The summed E-state index contributed by atoms with van der Waals surface area (Å²) >= 11 is 0. The second-order valence-corrected chi connectivity index (χ2v) is 5.94. The van der Waals surface area contributed by atoms with Crippen LogP contribution in [0.5, 0.6) is 11.5 Å². The lowest BCUT2D eigenvalue weighted by molar-refractivity contribution is 0.0734. The molecule has 7 heteroatoms. The third kappa shape index (κ3) is 4.21. The van der Waals surface area contributed by atoms with Crippen LogP contribution >= 0.6 is 0 Å². The summed E-state index contributed by atoms with van der Waals surface area (Å²) in [5, 5.41) is 11.0. The molecule has 0 spiro atoms. The monoisotopic (exact) mass is 372 g/mol. The molecule has 0 aliphatic carbocycles. The Kier molecular flexibility index (Phi) is 5.06. The van der Waals surface area contributed by atoms with E-state index in [-0.39, 0.29) is 0 Å². The molecular weight excluding hydrogens is 356 g/mol. The predicted octanol–water partition coefficient (Wildman–Crippen LogP) is 3.46. The molecule has 0 saturated heterocycles. The Bertz CT molecular complexity index is 1050. The van der Waals surface area contributed by atoms with E-state index in [0.29, 0.717) is 23.7 Å². The Morgan fingerprint density at radius 1 is 0.893 bits per heavy atom. The highest BCUT2D eigenvalue weighted by Crippen LogP contribution is 2.19. The van der Waals surface area contributed by atoms with Crippen LogP contribution in [0.15, 0.2) is 85.2 Å². The molecule has 0 unspecified atom stereocenters. The van der Waals surface area contributed by atoms with Crippen molar-refractivity contribution >= 4 is 5.97 Å². The number of aromatic nitrogens is 4. The summed E-state index contributed by atoms with van der Waals surface area (Å²) in [5.41, 5.74) is 2.23. The standard InChI is InChI=1S/C21H16N4O3/c26-21(28-19-11-9-18(10-12-19)25-15-22-23-24-25)17-7-4-8-20(13-17)27-14-16-5-2-1-3-6-16/h1-13,15H,14H2. The summed E-state index contributed by atoms with van der Waals surface area (Å²) in [6, 6.07) is 23.6. The van der Waals surface area contributed by atoms with Crippen molar-refractivity contribution < 1.29 is 14.3 Å². The van der Waals surface area contributed by atoms with Gasteiger partial charge in [0.25, 0.3) is 0 Å². The molecule has 0 bridgehead atoms. The second kappa shape index (κ2) is 8.13. The van der Waals surface area contributed by atoms with Crippen molar-refractivity contribution in [3.8, 4) is 17.2 Å². The molecule has 1 heterocycles. The van der Waals surface area contributed by atoms with Crippen molar-refractivity contribution in [1.29, 1.82) is 0 Å². The van der Waals surface area contributed by atoms with Gasteiger partial charge in [-0.25, -0.2) is 9.48 Å². The summed E-state index contributed by atoms with van der Waals surface area (Å²) < 4.78 is 12.7. The summed E-state index contributed by atoms with van der Waals surface area (Å²) in [4.78, 5) is 12.4. The first kappa shape index (κ1) is 17.4. The Morgan fingerprint density at radius 2 is 1.71 bits per heavy atom. The predicted molar refractivity (Wildman–Crippen MR) is 101 cm³/mol. The largest absolute Gasteiger partial charge is 0.489 e. The van der Waals surface area contributed by atoms with Gasteiger partial charge >= 0.3 is 5.97 Å². The fraction of sp³-hybridized carbons (Fsp3) is 0.0476. The molecule has 7 nitrogen and oxygen atoms in total. The lowest BCUT2D eigenvalue weighted by atomic mass is 10.2. The van der Waals surface area contributed by atoms with Gasteiger partial charge in [-0.05, 0) is 58.5 Å². The van der Waals surface area contributed by atoms with Crippen LogP contribution in [-0.2, 0) is 6.61 Å². The molecule has 138 valence electrons. The van der Waals surface area contributed by atoms with Crippen LogP contribution in [0.3, 0.4) is 0 Å². The molecule has 0 fully saturated rings. The van der Waals surface area contributed by atoms with Gasteiger partial charge in [-0.15, -0.1) is 5.10 Å². The maximum Gasteiger partial charge on any atom is 0.343 e. The van der Waals surface area contributed by atoms with Crippen molar-refractivity contribution in [2.45, 2.75) is 6.61 Å². The first-order chi connectivity index (χ1) is 13.8. The van der Waals surface area contributed by atoms with E-state index < -0.39 is 5.97 Å². The minimum Gasteiger partial charge on any atom is -0.489 e. The van der Waals surface area contributed by atoms with E-state index in [1.54, 1.807) is 48.5 Å². The number of esters is 1. The highest BCUT2D eigenvalue weighted by molar-refractivity contribution is 5.91. The Labute approximate surface area is 161 Å². The van der Waals surface area contributed by atoms with E-state index in [4.69, 9.17) is 9.47 Å². The number of ether oxygens (including phenoxy) is 2. The number of benzene rings is 3. The highest BCUT2D eigenvalue weighted by Gasteiger charge is 2.10. The van der Waals surface area contributed by atoms with Gasteiger partial charge < -0.3 is 9.47 Å². The number of hydrogen-bond donors (Lipinski definition) is 0. The number of tetrazole rings is 1. The number of carbonyl (C=O) groups excluding carboxylic acids is 1. The number of nitrogens with zero attached hydrogens (tertiary/aromatic N) is 4. The maximum atomic E-state index is 12.4. The van der Waals surface area contributed by atoms with Crippen molar-refractivity contribution in [3.63, 3.8) is 0 Å².